The van der Waals surface area contributed by atoms with Crippen molar-refractivity contribution in [3.05, 3.63) is 29.8 Å². The van der Waals surface area contributed by atoms with Gasteiger partial charge in [-0.1, -0.05) is 18.2 Å². The number of carbonyl (C=O) groups excluding carboxylic acids is 2. The Labute approximate surface area is 106 Å². The topological polar surface area (TPSA) is 64.6 Å². The third kappa shape index (κ3) is 4.86. The van der Waals surface area contributed by atoms with Gasteiger partial charge >= 0.3 is 5.97 Å². The van der Waals surface area contributed by atoms with Crippen LogP contribution in [0.1, 0.15) is 12.5 Å². The molecule has 0 heterocycles. The van der Waals surface area contributed by atoms with E-state index in [4.69, 9.17) is 9.47 Å². The summed E-state index contributed by atoms with van der Waals surface area (Å²) in [5, 5.41) is 2.53. The molecule has 1 aromatic carbocycles. The Morgan fingerprint density at radius 1 is 1.22 bits per heavy atom. The van der Waals surface area contributed by atoms with E-state index in [2.05, 4.69) is 5.32 Å². The zero-order valence-electron chi connectivity index (χ0n) is 10.6. The highest BCUT2D eigenvalue weighted by Crippen LogP contribution is 2.15. The van der Waals surface area contributed by atoms with Gasteiger partial charge in [-0.25, -0.2) is 4.79 Å². The average Bonchev–Trinajstić information content (AvgIpc) is 2.36. The molecule has 0 aliphatic heterocycles. The van der Waals surface area contributed by atoms with Crippen molar-refractivity contribution >= 4 is 11.9 Å². The molecule has 98 valence electrons. The lowest BCUT2D eigenvalue weighted by Gasteiger charge is -2.08. The van der Waals surface area contributed by atoms with Crippen LogP contribution in [0.15, 0.2) is 24.3 Å². The number of carbonyl (C=O) groups is 2. The van der Waals surface area contributed by atoms with E-state index in [0.717, 1.165) is 5.56 Å². The van der Waals surface area contributed by atoms with Crippen LogP contribution in [0, 0.1) is 6.92 Å². The van der Waals surface area contributed by atoms with Gasteiger partial charge in [-0.15, -0.1) is 0 Å². The second-order valence-electron chi connectivity index (χ2n) is 3.67. The molecule has 0 fully saturated rings. The van der Waals surface area contributed by atoms with E-state index in [-0.39, 0.29) is 19.1 Å². The van der Waals surface area contributed by atoms with Gasteiger partial charge < -0.3 is 14.8 Å². The minimum Gasteiger partial charge on any atom is -0.482 e. The van der Waals surface area contributed by atoms with E-state index in [1.807, 2.05) is 25.1 Å². The van der Waals surface area contributed by atoms with Crippen LogP contribution < -0.4 is 10.1 Å². The predicted octanol–water partition coefficient (Wildman–Crippen LogP) is 1.05. The van der Waals surface area contributed by atoms with Crippen molar-refractivity contribution < 1.29 is 19.1 Å². The smallest absolute Gasteiger partial charge is 0.344 e. The van der Waals surface area contributed by atoms with Crippen LogP contribution in [0.5, 0.6) is 5.75 Å². The molecule has 0 atom stereocenters. The molecule has 0 saturated carbocycles. The van der Waals surface area contributed by atoms with E-state index in [0.29, 0.717) is 12.3 Å². The summed E-state index contributed by atoms with van der Waals surface area (Å²) < 4.78 is 10.0. The van der Waals surface area contributed by atoms with Crippen molar-refractivity contribution in [1.82, 2.24) is 5.32 Å². The normalized spacial score (nSPS) is 9.67. The van der Waals surface area contributed by atoms with Gasteiger partial charge in [-0.3, -0.25) is 4.79 Å². The standard InChI is InChI=1S/C13H17NO4/c1-3-14-12(15)8-18-13(16)9-17-11-7-5-4-6-10(11)2/h4-7H,3,8-9H2,1-2H3,(H,14,15). The van der Waals surface area contributed by atoms with Crippen molar-refractivity contribution in [1.29, 1.82) is 0 Å². The highest BCUT2D eigenvalue weighted by Gasteiger charge is 2.08. The van der Waals surface area contributed by atoms with E-state index in [1.54, 1.807) is 13.0 Å². The first kappa shape index (κ1) is 14.0. The van der Waals surface area contributed by atoms with Crippen molar-refractivity contribution in [3.63, 3.8) is 0 Å². The van der Waals surface area contributed by atoms with Gasteiger partial charge in [0.05, 0.1) is 0 Å². The van der Waals surface area contributed by atoms with Crippen LogP contribution in [0.2, 0.25) is 0 Å². The number of amides is 1. The maximum Gasteiger partial charge on any atom is 0.344 e. The van der Waals surface area contributed by atoms with Crippen LogP contribution in [0.25, 0.3) is 0 Å². The highest BCUT2D eigenvalue weighted by molar-refractivity contribution is 5.80. The molecule has 0 radical (unpaired) electrons. The summed E-state index contributed by atoms with van der Waals surface area (Å²) in [5.41, 5.74) is 0.939. The molecule has 0 saturated heterocycles. The van der Waals surface area contributed by atoms with Gasteiger partial charge in [-0.2, -0.15) is 0 Å². The summed E-state index contributed by atoms with van der Waals surface area (Å²) in [4.78, 5) is 22.4. The highest BCUT2D eigenvalue weighted by atomic mass is 16.6. The fourth-order valence-electron chi connectivity index (χ4n) is 1.29. The first-order valence-electron chi connectivity index (χ1n) is 5.74. The van der Waals surface area contributed by atoms with Crippen molar-refractivity contribution in [2.24, 2.45) is 0 Å². The van der Waals surface area contributed by atoms with Crippen molar-refractivity contribution in [2.45, 2.75) is 13.8 Å². The van der Waals surface area contributed by atoms with E-state index in [9.17, 15) is 9.59 Å². The van der Waals surface area contributed by atoms with Gasteiger partial charge in [0.25, 0.3) is 5.91 Å². The zero-order chi connectivity index (χ0) is 13.4. The molecular weight excluding hydrogens is 234 g/mol. The van der Waals surface area contributed by atoms with E-state index >= 15 is 0 Å². The van der Waals surface area contributed by atoms with Crippen LogP contribution >= 0.6 is 0 Å². The number of hydrogen-bond acceptors (Lipinski definition) is 4. The molecule has 1 rings (SSSR count). The molecular formula is C13H17NO4. The molecule has 5 nitrogen and oxygen atoms in total. The summed E-state index contributed by atoms with van der Waals surface area (Å²) in [5.74, 6) is -0.251. The Hall–Kier alpha value is -2.04. The molecule has 1 N–H and O–H groups in total. The quantitative estimate of drug-likeness (QED) is 0.768. The first-order valence-corrected chi connectivity index (χ1v) is 5.74. The first-order chi connectivity index (χ1) is 8.63. The largest absolute Gasteiger partial charge is 0.482 e. The molecule has 0 aliphatic rings. The zero-order valence-corrected chi connectivity index (χ0v) is 10.6. The number of nitrogens with one attached hydrogen (secondary N) is 1. The second kappa shape index (κ2) is 7.32. The average molecular weight is 251 g/mol. The number of benzene rings is 1. The molecule has 1 amide bonds. The SMILES string of the molecule is CCNC(=O)COC(=O)COc1ccccc1C. The fourth-order valence-corrected chi connectivity index (χ4v) is 1.29. The van der Waals surface area contributed by atoms with Crippen LogP contribution in [0.3, 0.4) is 0 Å². The number of likely N-dealkylation sites (N-methyl/N-ethyl adjacent to an activating group) is 1. The van der Waals surface area contributed by atoms with Gasteiger partial charge in [0.2, 0.25) is 0 Å². The second-order valence-corrected chi connectivity index (χ2v) is 3.67. The van der Waals surface area contributed by atoms with Gasteiger partial charge in [0, 0.05) is 6.54 Å². The summed E-state index contributed by atoms with van der Waals surface area (Å²) >= 11 is 0. The Kier molecular flexibility index (Phi) is 5.70. The fraction of sp³-hybridized carbons (Fsp3) is 0.385. The van der Waals surface area contributed by atoms with E-state index < -0.39 is 5.97 Å². The van der Waals surface area contributed by atoms with Crippen molar-refractivity contribution in [2.75, 3.05) is 19.8 Å². The molecule has 0 unspecified atom stereocenters. The maximum absolute atomic E-state index is 11.3. The predicted molar refractivity (Wildman–Crippen MR) is 66.3 cm³/mol. The lowest BCUT2D eigenvalue weighted by Crippen LogP contribution is -2.29. The molecule has 0 spiro atoms. The summed E-state index contributed by atoms with van der Waals surface area (Å²) in [6.45, 7) is 3.71. The number of hydrogen-bond donors (Lipinski definition) is 1. The van der Waals surface area contributed by atoms with Crippen LogP contribution in [-0.4, -0.2) is 31.6 Å². The van der Waals surface area contributed by atoms with Gasteiger partial charge in [0.15, 0.2) is 13.2 Å². The molecule has 5 heteroatoms. The molecule has 18 heavy (non-hydrogen) atoms. The monoisotopic (exact) mass is 251 g/mol. The summed E-state index contributed by atoms with van der Waals surface area (Å²) in [6, 6.07) is 7.36. The number of esters is 1. The number of para-hydroxylation sites is 1. The van der Waals surface area contributed by atoms with Gasteiger partial charge in [-0.05, 0) is 25.5 Å². The minimum atomic E-state index is -0.565. The number of aryl methyl sites for hydroxylation is 1. The Balaban J connectivity index is 2.29. The van der Waals surface area contributed by atoms with E-state index in [1.165, 1.54) is 0 Å². The maximum atomic E-state index is 11.3. The Morgan fingerprint density at radius 2 is 1.94 bits per heavy atom. The minimum absolute atomic E-state index is 0.204. The summed E-state index contributed by atoms with van der Waals surface area (Å²) in [7, 11) is 0. The number of ether oxygens (including phenoxy) is 2. The molecule has 0 aliphatic carbocycles. The third-order valence-electron chi connectivity index (χ3n) is 2.18. The van der Waals surface area contributed by atoms with Crippen LogP contribution in [-0.2, 0) is 14.3 Å². The van der Waals surface area contributed by atoms with Crippen LogP contribution in [0.4, 0.5) is 0 Å². The molecule has 0 bridgehead atoms. The van der Waals surface area contributed by atoms with Gasteiger partial charge in [0.1, 0.15) is 5.75 Å². The molecule has 0 aromatic heterocycles. The van der Waals surface area contributed by atoms with Crippen molar-refractivity contribution in [3.8, 4) is 5.75 Å². The lowest BCUT2D eigenvalue weighted by atomic mass is 10.2. The lowest BCUT2D eigenvalue weighted by molar-refractivity contribution is -0.150. The number of rotatable bonds is 6. The Bertz CT molecular complexity index is 417. The Morgan fingerprint density at radius 3 is 2.61 bits per heavy atom. The third-order valence-corrected chi connectivity index (χ3v) is 2.18. The molecule has 1 aromatic rings. The summed E-state index contributed by atoms with van der Waals surface area (Å²) in [6.07, 6.45) is 0.